The smallest absolute Gasteiger partial charge is 0.335 e. The van der Waals surface area contributed by atoms with Crippen molar-refractivity contribution in [1.29, 1.82) is 0 Å². The van der Waals surface area contributed by atoms with Crippen molar-refractivity contribution in [3.63, 3.8) is 0 Å². The molecule has 28 heavy (non-hydrogen) atoms. The summed E-state index contributed by atoms with van der Waals surface area (Å²) in [6.07, 6.45) is 1.20. The molecule has 3 rings (SSSR count). The predicted molar refractivity (Wildman–Crippen MR) is 103 cm³/mol. The third kappa shape index (κ3) is 3.71. The first-order valence-electron chi connectivity index (χ1n) is 8.46. The summed E-state index contributed by atoms with van der Waals surface area (Å²) in [5.41, 5.74) is 1.65. The number of anilines is 1. The SMILES string of the molecule is COc1ccc(OC)c(N=C[C@@H]2C(=O)NC(=O)N(c3cccc(C)c3)C2=O)c1. The lowest BCUT2D eigenvalue weighted by atomic mass is 10.1. The van der Waals surface area contributed by atoms with Crippen LogP contribution in [0.3, 0.4) is 0 Å². The van der Waals surface area contributed by atoms with Crippen LogP contribution in [0.2, 0.25) is 0 Å². The number of urea groups is 1. The van der Waals surface area contributed by atoms with E-state index in [0.717, 1.165) is 10.5 Å². The summed E-state index contributed by atoms with van der Waals surface area (Å²) >= 11 is 0. The van der Waals surface area contributed by atoms with Crippen molar-refractivity contribution in [3.05, 3.63) is 48.0 Å². The molecule has 1 fully saturated rings. The zero-order chi connectivity index (χ0) is 20.3. The molecule has 144 valence electrons. The van der Waals surface area contributed by atoms with Crippen molar-refractivity contribution in [2.75, 3.05) is 19.1 Å². The van der Waals surface area contributed by atoms with Gasteiger partial charge in [-0.15, -0.1) is 0 Å². The van der Waals surface area contributed by atoms with Gasteiger partial charge in [-0.25, -0.2) is 9.69 Å². The van der Waals surface area contributed by atoms with Gasteiger partial charge in [0.05, 0.1) is 19.9 Å². The van der Waals surface area contributed by atoms with Crippen molar-refractivity contribution < 1.29 is 23.9 Å². The highest BCUT2D eigenvalue weighted by atomic mass is 16.5. The quantitative estimate of drug-likeness (QED) is 0.634. The Kier molecular flexibility index (Phi) is 5.39. The van der Waals surface area contributed by atoms with E-state index in [0.29, 0.717) is 22.9 Å². The first kappa shape index (κ1) is 19.1. The van der Waals surface area contributed by atoms with Crippen LogP contribution in [0.4, 0.5) is 16.2 Å². The molecule has 8 nitrogen and oxygen atoms in total. The lowest BCUT2D eigenvalue weighted by Crippen LogP contribution is -2.58. The zero-order valence-electron chi connectivity index (χ0n) is 15.6. The Morgan fingerprint density at radius 3 is 2.54 bits per heavy atom. The summed E-state index contributed by atoms with van der Waals surface area (Å²) in [6.45, 7) is 1.84. The highest BCUT2D eigenvalue weighted by Crippen LogP contribution is 2.31. The maximum atomic E-state index is 12.9. The number of ether oxygens (including phenoxy) is 2. The Morgan fingerprint density at radius 2 is 1.86 bits per heavy atom. The molecule has 2 aromatic rings. The van der Waals surface area contributed by atoms with Gasteiger partial charge < -0.3 is 9.47 Å². The summed E-state index contributed by atoms with van der Waals surface area (Å²) in [6, 6.07) is 11.1. The summed E-state index contributed by atoms with van der Waals surface area (Å²) < 4.78 is 10.4. The predicted octanol–water partition coefficient (Wildman–Crippen LogP) is 2.61. The minimum absolute atomic E-state index is 0.382. The average Bonchev–Trinajstić information content (AvgIpc) is 2.67. The molecular formula is C20H19N3O5. The number of nitrogens with zero attached hydrogens (tertiary/aromatic N) is 2. The van der Waals surface area contributed by atoms with Crippen molar-refractivity contribution in [2.24, 2.45) is 10.9 Å². The molecule has 2 aromatic carbocycles. The van der Waals surface area contributed by atoms with Gasteiger partial charge in [0, 0.05) is 12.3 Å². The Balaban J connectivity index is 1.93. The summed E-state index contributed by atoms with van der Waals surface area (Å²) in [5.74, 6) is -1.67. The number of rotatable bonds is 5. The van der Waals surface area contributed by atoms with Crippen LogP contribution in [-0.4, -0.2) is 38.3 Å². The van der Waals surface area contributed by atoms with E-state index >= 15 is 0 Å². The minimum Gasteiger partial charge on any atom is -0.497 e. The maximum absolute atomic E-state index is 12.9. The van der Waals surface area contributed by atoms with E-state index in [1.165, 1.54) is 20.4 Å². The largest absolute Gasteiger partial charge is 0.497 e. The number of carbonyl (C=O) groups is 3. The van der Waals surface area contributed by atoms with E-state index in [1.54, 1.807) is 36.4 Å². The molecule has 0 saturated carbocycles. The Morgan fingerprint density at radius 1 is 1.07 bits per heavy atom. The molecule has 0 radical (unpaired) electrons. The minimum atomic E-state index is -1.26. The molecule has 0 aromatic heterocycles. The van der Waals surface area contributed by atoms with Crippen LogP contribution in [0.5, 0.6) is 11.5 Å². The number of aliphatic imine (C=N–C) groups is 1. The van der Waals surface area contributed by atoms with Crippen LogP contribution in [0.15, 0.2) is 47.5 Å². The van der Waals surface area contributed by atoms with Crippen LogP contribution in [-0.2, 0) is 9.59 Å². The van der Waals surface area contributed by atoms with Crippen LogP contribution < -0.4 is 19.7 Å². The van der Waals surface area contributed by atoms with E-state index in [1.807, 2.05) is 13.0 Å². The topological polar surface area (TPSA) is 97.3 Å². The number of hydrogen-bond donors (Lipinski definition) is 1. The first-order chi connectivity index (χ1) is 13.4. The maximum Gasteiger partial charge on any atom is 0.335 e. The van der Waals surface area contributed by atoms with Gasteiger partial charge in [0.25, 0.3) is 5.91 Å². The monoisotopic (exact) mass is 381 g/mol. The third-order valence-corrected chi connectivity index (χ3v) is 4.21. The van der Waals surface area contributed by atoms with Crippen LogP contribution in [0.1, 0.15) is 5.56 Å². The van der Waals surface area contributed by atoms with Gasteiger partial charge in [-0.05, 0) is 36.8 Å². The lowest BCUT2D eigenvalue weighted by molar-refractivity contribution is -0.131. The second-order valence-corrected chi connectivity index (χ2v) is 6.10. The molecule has 0 aliphatic carbocycles. The highest BCUT2D eigenvalue weighted by Gasteiger charge is 2.40. The van der Waals surface area contributed by atoms with E-state index in [2.05, 4.69) is 10.3 Å². The van der Waals surface area contributed by atoms with Crippen LogP contribution in [0.25, 0.3) is 0 Å². The van der Waals surface area contributed by atoms with Crippen molar-refractivity contribution >= 4 is 35.4 Å². The second kappa shape index (κ2) is 7.91. The molecule has 1 heterocycles. The van der Waals surface area contributed by atoms with Crippen molar-refractivity contribution in [1.82, 2.24) is 5.32 Å². The number of methoxy groups -OCH3 is 2. The van der Waals surface area contributed by atoms with E-state index in [9.17, 15) is 14.4 Å². The van der Waals surface area contributed by atoms with Gasteiger partial charge in [-0.3, -0.25) is 19.9 Å². The summed E-state index contributed by atoms with van der Waals surface area (Å²) in [4.78, 5) is 42.5. The number of amides is 4. The first-order valence-corrected chi connectivity index (χ1v) is 8.46. The molecule has 1 aliphatic heterocycles. The lowest BCUT2D eigenvalue weighted by Gasteiger charge is -2.28. The van der Waals surface area contributed by atoms with Gasteiger partial charge in [0.15, 0.2) is 5.92 Å². The molecule has 8 heteroatoms. The summed E-state index contributed by atoms with van der Waals surface area (Å²) in [5, 5.41) is 2.20. The van der Waals surface area contributed by atoms with Crippen molar-refractivity contribution in [2.45, 2.75) is 6.92 Å². The van der Waals surface area contributed by atoms with Gasteiger partial charge in [0.1, 0.15) is 17.2 Å². The fourth-order valence-electron chi connectivity index (χ4n) is 2.79. The Bertz CT molecular complexity index is 970. The van der Waals surface area contributed by atoms with E-state index in [-0.39, 0.29) is 0 Å². The molecule has 1 saturated heterocycles. The fraction of sp³-hybridized carbons (Fsp3) is 0.200. The highest BCUT2D eigenvalue weighted by molar-refractivity contribution is 6.32. The van der Waals surface area contributed by atoms with Crippen LogP contribution in [0, 0.1) is 12.8 Å². The zero-order valence-corrected chi connectivity index (χ0v) is 15.6. The molecule has 0 spiro atoms. The Labute approximate surface area is 161 Å². The molecule has 4 amide bonds. The van der Waals surface area contributed by atoms with Crippen molar-refractivity contribution in [3.8, 4) is 11.5 Å². The molecule has 1 N–H and O–H groups in total. The number of imide groups is 2. The molecule has 1 atom stereocenters. The Hall–Kier alpha value is -3.68. The van der Waals surface area contributed by atoms with Gasteiger partial charge in [-0.2, -0.15) is 0 Å². The number of hydrogen-bond acceptors (Lipinski definition) is 6. The molecular weight excluding hydrogens is 362 g/mol. The average molecular weight is 381 g/mol. The van der Waals surface area contributed by atoms with Gasteiger partial charge >= 0.3 is 6.03 Å². The molecule has 0 bridgehead atoms. The van der Waals surface area contributed by atoms with Gasteiger partial charge in [-0.1, -0.05) is 12.1 Å². The summed E-state index contributed by atoms with van der Waals surface area (Å²) in [7, 11) is 3.00. The number of nitrogens with one attached hydrogen (secondary N) is 1. The van der Waals surface area contributed by atoms with E-state index in [4.69, 9.17) is 9.47 Å². The number of aryl methyl sites for hydroxylation is 1. The number of carbonyl (C=O) groups excluding carboxylic acids is 3. The van der Waals surface area contributed by atoms with Crippen LogP contribution >= 0.6 is 0 Å². The second-order valence-electron chi connectivity index (χ2n) is 6.10. The third-order valence-electron chi connectivity index (χ3n) is 4.21. The number of benzene rings is 2. The molecule has 1 aliphatic rings. The standard InChI is InChI=1S/C20H19N3O5/c1-12-5-4-6-13(9-12)23-19(25)15(18(24)22-20(23)26)11-21-16-10-14(27-2)7-8-17(16)28-3/h4-11,15H,1-3H3,(H,22,24,26)/t15-/m1/s1. The number of barbiturate groups is 1. The fourth-order valence-corrected chi connectivity index (χ4v) is 2.79. The normalized spacial score (nSPS) is 17.0. The van der Waals surface area contributed by atoms with Gasteiger partial charge in [0.2, 0.25) is 5.91 Å². The molecule has 0 unspecified atom stereocenters. The van der Waals surface area contributed by atoms with E-state index < -0.39 is 23.8 Å².